The molecule has 3 aromatic carbocycles. The van der Waals surface area contributed by atoms with Gasteiger partial charge in [0.1, 0.15) is 0 Å². The summed E-state index contributed by atoms with van der Waals surface area (Å²) < 4.78 is 0. The number of rotatable bonds is 6. The second kappa shape index (κ2) is 9.07. The Labute approximate surface area is 209 Å². The molecule has 2 heterocycles. The van der Waals surface area contributed by atoms with E-state index < -0.39 is 6.09 Å². The van der Waals surface area contributed by atoms with Crippen LogP contribution in [0.5, 0.6) is 0 Å². The minimum atomic E-state index is -0.878. The van der Waals surface area contributed by atoms with Crippen LogP contribution in [0.2, 0.25) is 0 Å². The summed E-state index contributed by atoms with van der Waals surface area (Å²) in [7, 11) is 0. The zero-order chi connectivity index (χ0) is 24.6. The van der Waals surface area contributed by atoms with Gasteiger partial charge in [0.2, 0.25) is 0 Å². The predicted octanol–water partition coefficient (Wildman–Crippen LogP) is 7.20. The summed E-state index contributed by atoms with van der Waals surface area (Å²) in [4.78, 5) is 16.5. The Balaban J connectivity index is 1.79. The van der Waals surface area contributed by atoms with E-state index in [-0.39, 0.29) is 10.8 Å². The highest BCUT2D eigenvalue weighted by molar-refractivity contribution is 5.88. The molecule has 0 fully saturated rings. The van der Waals surface area contributed by atoms with Crippen molar-refractivity contribution < 1.29 is 9.90 Å². The number of hydrogen-bond donors (Lipinski definition) is 1. The van der Waals surface area contributed by atoms with Gasteiger partial charge in [-0.15, -0.1) is 0 Å². The summed E-state index contributed by atoms with van der Waals surface area (Å²) in [5, 5.41) is 10.2. The highest BCUT2D eigenvalue weighted by atomic mass is 16.4. The van der Waals surface area contributed by atoms with Gasteiger partial charge in [0.05, 0.1) is 0 Å². The fourth-order valence-corrected chi connectivity index (χ4v) is 6.14. The van der Waals surface area contributed by atoms with Crippen molar-refractivity contribution >= 4 is 17.5 Å². The van der Waals surface area contributed by atoms with Gasteiger partial charge in [-0.2, -0.15) is 0 Å². The maximum absolute atomic E-state index is 12.4. The number of unbranched alkanes of at least 4 members (excludes halogenated alkanes) is 1. The Kier molecular flexibility index (Phi) is 6.08. The van der Waals surface area contributed by atoms with Gasteiger partial charge in [0, 0.05) is 41.8 Å². The van der Waals surface area contributed by atoms with Gasteiger partial charge >= 0.3 is 6.09 Å². The van der Waals surface area contributed by atoms with Crippen molar-refractivity contribution in [3.05, 3.63) is 95.1 Å². The molecule has 2 aliphatic rings. The number of anilines is 2. The largest absolute Gasteiger partial charge is 0.465 e. The van der Waals surface area contributed by atoms with Crippen LogP contribution in [-0.4, -0.2) is 30.8 Å². The van der Waals surface area contributed by atoms with Gasteiger partial charge < -0.3 is 10.0 Å². The molecule has 0 radical (unpaired) electrons. The van der Waals surface area contributed by atoms with Gasteiger partial charge in [-0.3, -0.25) is 4.90 Å². The van der Waals surface area contributed by atoms with Crippen molar-refractivity contribution in [2.75, 3.05) is 29.4 Å². The number of hydrogen-bond acceptors (Lipinski definition) is 2. The smallest absolute Gasteiger partial charge is 0.411 e. The monoisotopic (exact) mass is 468 g/mol. The summed E-state index contributed by atoms with van der Waals surface area (Å²) in [6, 6.07) is 25.8. The Morgan fingerprint density at radius 1 is 0.886 bits per heavy atom. The van der Waals surface area contributed by atoms with E-state index in [9.17, 15) is 9.90 Å². The SMILES string of the molecule is CCCCN(C(=O)O)c1cc2c3c(c1)[C@@](C)(c1ccccc1)CCN3CC[C@@]2(C)c1ccccc1. The fourth-order valence-electron chi connectivity index (χ4n) is 6.14. The molecule has 0 aliphatic carbocycles. The van der Waals surface area contributed by atoms with Crippen LogP contribution in [0.4, 0.5) is 16.2 Å². The highest BCUT2D eigenvalue weighted by Crippen LogP contribution is 2.54. The van der Waals surface area contributed by atoms with Gasteiger partial charge in [0.15, 0.2) is 0 Å². The number of amides is 1. The number of benzene rings is 3. The van der Waals surface area contributed by atoms with Crippen LogP contribution in [0.1, 0.15) is 68.7 Å². The van der Waals surface area contributed by atoms with Crippen molar-refractivity contribution in [3.8, 4) is 0 Å². The van der Waals surface area contributed by atoms with Crippen LogP contribution in [0.25, 0.3) is 0 Å². The van der Waals surface area contributed by atoms with Crippen LogP contribution < -0.4 is 9.80 Å². The van der Waals surface area contributed by atoms with E-state index in [1.165, 1.54) is 27.9 Å². The normalized spacial score (nSPS) is 23.0. The molecule has 0 saturated carbocycles. The molecule has 5 rings (SSSR count). The molecule has 4 nitrogen and oxygen atoms in total. The van der Waals surface area contributed by atoms with Crippen LogP contribution in [0.3, 0.4) is 0 Å². The molecular formula is C31H36N2O2. The first-order valence-corrected chi connectivity index (χ1v) is 12.9. The number of carbonyl (C=O) groups is 1. The van der Waals surface area contributed by atoms with Crippen LogP contribution in [-0.2, 0) is 10.8 Å². The lowest BCUT2D eigenvalue weighted by atomic mass is 9.64. The molecule has 2 aliphatic heterocycles. The molecule has 182 valence electrons. The van der Waals surface area contributed by atoms with E-state index in [4.69, 9.17) is 0 Å². The van der Waals surface area contributed by atoms with E-state index in [1.54, 1.807) is 4.90 Å². The first-order valence-electron chi connectivity index (χ1n) is 12.9. The van der Waals surface area contributed by atoms with Crippen molar-refractivity contribution in [2.24, 2.45) is 0 Å². The summed E-state index contributed by atoms with van der Waals surface area (Å²) >= 11 is 0. The maximum atomic E-state index is 12.4. The van der Waals surface area contributed by atoms with Crippen molar-refractivity contribution in [3.63, 3.8) is 0 Å². The zero-order valence-electron chi connectivity index (χ0n) is 21.1. The Bertz CT molecular complexity index is 1130. The molecule has 3 aromatic rings. The second-order valence-corrected chi connectivity index (χ2v) is 10.6. The molecule has 0 aromatic heterocycles. The average molecular weight is 469 g/mol. The molecule has 35 heavy (non-hydrogen) atoms. The van der Waals surface area contributed by atoms with Gasteiger partial charge in [-0.05, 0) is 53.6 Å². The van der Waals surface area contributed by atoms with Crippen LogP contribution in [0, 0.1) is 0 Å². The summed E-state index contributed by atoms with van der Waals surface area (Å²) in [6.45, 7) is 9.31. The Morgan fingerprint density at radius 3 is 1.80 bits per heavy atom. The predicted molar refractivity (Wildman–Crippen MR) is 144 cm³/mol. The lowest BCUT2D eigenvalue weighted by molar-refractivity contribution is 0.201. The molecule has 0 bridgehead atoms. The first kappa shape index (κ1) is 23.5. The lowest BCUT2D eigenvalue weighted by Crippen LogP contribution is -2.47. The molecular weight excluding hydrogens is 432 g/mol. The third-order valence-corrected chi connectivity index (χ3v) is 8.46. The Morgan fingerprint density at radius 2 is 1.37 bits per heavy atom. The van der Waals surface area contributed by atoms with Gasteiger partial charge in [-0.1, -0.05) is 87.9 Å². The summed E-state index contributed by atoms with van der Waals surface area (Å²) in [5.74, 6) is 0. The topological polar surface area (TPSA) is 43.8 Å². The number of carboxylic acid groups (broad SMARTS) is 1. The standard InChI is InChI=1S/C31H36N2O2/c1-4-5-18-33(29(34)35)25-21-26-28-27(22-25)31(3,24-14-10-7-11-15-24)17-20-32(28)19-16-30(26,2)23-12-8-6-9-13-23/h6-15,21-22H,4-5,16-20H2,1-3H3,(H,34,35)/t30-,31+. The average Bonchev–Trinajstić information content (AvgIpc) is 2.89. The van der Waals surface area contributed by atoms with Gasteiger partial charge in [-0.25, -0.2) is 4.79 Å². The second-order valence-electron chi connectivity index (χ2n) is 10.6. The Hall–Kier alpha value is -3.27. The molecule has 2 atom stereocenters. The molecule has 0 spiro atoms. The first-order chi connectivity index (χ1) is 16.9. The van der Waals surface area contributed by atoms with Gasteiger partial charge in [0.25, 0.3) is 0 Å². The molecule has 0 saturated heterocycles. The van der Waals surface area contributed by atoms with E-state index in [2.05, 4.69) is 98.5 Å². The van der Waals surface area contributed by atoms with Crippen LogP contribution >= 0.6 is 0 Å². The van der Waals surface area contributed by atoms with E-state index in [1.807, 2.05) is 0 Å². The third kappa shape index (κ3) is 3.89. The summed E-state index contributed by atoms with van der Waals surface area (Å²) in [5.41, 5.74) is 6.85. The van der Waals surface area contributed by atoms with E-state index in [0.717, 1.165) is 44.5 Å². The minimum Gasteiger partial charge on any atom is -0.465 e. The highest BCUT2D eigenvalue weighted by Gasteiger charge is 2.45. The lowest BCUT2D eigenvalue weighted by Gasteiger charge is -2.50. The minimum absolute atomic E-state index is 0.179. The molecule has 4 heteroatoms. The van der Waals surface area contributed by atoms with E-state index in [0.29, 0.717) is 6.54 Å². The maximum Gasteiger partial charge on any atom is 0.411 e. The number of nitrogens with zero attached hydrogens (tertiary/aromatic N) is 2. The zero-order valence-corrected chi connectivity index (χ0v) is 21.1. The van der Waals surface area contributed by atoms with Crippen LogP contribution in [0.15, 0.2) is 72.8 Å². The molecule has 1 amide bonds. The van der Waals surface area contributed by atoms with E-state index >= 15 is 0 Å². The molecule has 1 N–H and O–H groups in total. The van der Waals surface area contributed by atoms with Crippen molar-refractivity contribution in [1.82, 2.24) is 0 Å². The fraction of sp³-hybridized carbons (Fsp3) is 0.387. The quantitative estimate of drug-likeness (QED) is 0.416. The van der Waals surface area contributed by atoms with Crippen molar-refractivity contribution in [2.45, 2.75) is 57.3 Å². The third-order valence-electron chi connectivity index (χ3n) is 8.46. The van der Waals surface area contributed by atoms with Crippen molar-refractivity contribution in [1.29, 1.82) is 0 Å². The molecule has 0 unspecified atom stereocenters. The summed E-state index contributed by atoms with van der Waals surface area (Å²) in [6.07, 6.45) is 2.95.